The third kappa shape index (κ3) is 3.18. The number of hydrogen-bond donors (Lipinski definition) is 1. The van der Waals surface area contributed by atoms with E-state index in [1.54, 1.807) is 18.5 Å². The number of para-hydroxylation sites is 2. The Balaban J connectivity index is 1.69. The second-order valence-electron chi connectivity index (χ2n) is 4.38. The first-order valence-electron chi connectivity index (χ1n) is 6.21. The first-order chi connectivity index (χ1) is 10.1. The molecule has 0 amide bonds. The van der Waals surface area contributed by atoms with Crippen LogP contribution < -0.4 is 4.72 Å². The Bertz CT molecular complexity index is 870. The average Bonchev–Trinajstić information content (AvgIpc) is 3.06. The molecule has 0 saturated carbocycles. The summed E-state index contributed by atoms with van der Waals surface area (Å²) in [5.41, 5.74) is 1.90. The van der Waals surface area contributed by atoms with Crippen molar-refractivity contribution in [2.24, 2.45) is 0 Å². The van der Waals surface area contributed by atoms with Gasteiger partial charge in [0.05, 0.1) is 21.1 Å². The quantitative estimate of drug-likeness (QED) is 0.734. The Morgan fingerprint density at radius 3 is 2.81 bits per heavy atom. The van der Waals surface area contributed by atoms with Crippen LogP contribution in [0.25, 0.3) is 11.0 Å². The summed E-state index contributed by atoms with van der Waals surface area (Å²) in [6.07, 6.45) is 1.72. The molecule has 0 atom stereocenters. The number of aromatic nitrogens is 2. The number of nitrogens with zero attached hydrogens (tertiary/aromatic N) is 2. The molecule has 2 aromatic heterocycles. The normalized spacial score (nSPS) is 12.0. The zero-order valence-corrected chi connectivity index (χ0v) is 14.1. The fourth-order valence-corrected chi connectivity index (χ4v) is 5.08. The van der Waals surface area contributed by atoms with E-state index in [-0.39, 0.29) is 0 Å². The van der Waals surface area contributed by atoms with Crippen LogP contribution in [0.3, 0.4) is 0 Å². The summed E-state index contributed by atoms with van der Waals surface area (Å²) in [4.78, 5) is 4.28. The van der Waals surface area contributed by atoms with E-state index in [1.807, 2.05) is 28.8 Å². The van der Waals surface area contributed by atoms with Gasteiger partial charge in [-0.15, -0.1) is 11.3 Å². The predicted molar refractivity (Wildman–Crippen MR) is 86.9 cm³/mol. The van der Waals surface area contributed by atoms with Gasteiger partial charge >= 0.3 is 0 Å². The van der Waals surface area contributed by atoms with Gasteiger partial charge in [0.2, 0.25) is 10.0 Å². The summed E-state index contributed by atoms with van der Waals surface area (Å²) >= 11 is 4.46. The average molecular weight is 386 g/mol. The van der Waals surface area contributed by atoms with Crippen molar-refractivity contribution < 1.29 is 8.42 Å². The van der Waals surface area contributed by atoms with Crippen LogP contribution in [0.5, 0.6) is 0 Å². The molecule has 21 heavy (non-hydrogen) atoms. The summed E-state index contributed by atoms with van der Waals surface area (Å²) in [6.45, 7) is 0.852. The van der Waals surface area contributed by atoms with E-state index < -0.39 is 10.0 Å². The molecule has 0 aliphatic carbocycles. The highest BCUT2D eigenvalue weighted by Gasteiger charge is 2.15. The Morgan fingerprint density at radius 2 is 2.05 bits per heavy atom. The molecular weight excluding hydrogens is 374 g/mol. The topological polar surface area (TPSA) is 64.0 Å². The Morgan fingerprint density at radius 1 is 1.24 bits per heavy atom. The summed E-state index contributed by atoms with van der Waals surface area (Å²) in [5, 5.41) is 0. The second kappa shape index (κ2) is 5.88. The summed E-state index contributed by atoms with van der Waals surface area (Å²) < 4.78 is 29.8. The SMILES string of the molecule is O=S(=O)(NCCn1cnc2ccccc21)c1ccc(Br)s1. The number of halogens is 1. The number of sulfonamides is 1. The fourth-order valence-electron chi connectivity index (χ4n) is 2.00. The Labute approximate surface area is 134 Å². The molecule has 0 radical (unpaired) electrons. The van der Waals surface area contributed by atoms with E-state index in [9.17, 15) is 8.42 Å². The molecule has 3 rings (SSSR count). The zero-order chi connectivity index (χ0) is 14.9. The van der Waals surface area contributed by atoms with Gasteiger partial charge in [0.1, 0.15) is 4.21 Å². The van der Waals surface area contributed by atoms with E-state index >= 15 is 0 Å². The standard InChI is InChI=1S/C13H12BrN3O2S2/c14-12-5-6-13(20-12)21(18,19)16-7-8-17-9-15-10-3-1-2-4-11(10)17/h1-6,9,16H,7-8H2. The largest absolute Gasteiger partial charge is 0.329 e. The van der Waals surface area contributed by atoms with Gasteiger partial charge in [-0.25, -0.2) is 18.1 Å². The molecule has 2 heterocycles. The third-order valence-electron chi connectivity index (χ3n) is 2.99. The minimum Gasteiger partial charge on any atom is -0.329 e. The van der Waals surface area contributed by atoms with Gasteiger partial charge in [-0.3, -0.25) is 0 Å². The van der Waals surface area contributed by atoms with E-state index in [1.165, 1.54) is 11.3 Å². The Hall–Kier alpha value is -1.22. The lowest BCUT2D eigenvalue weighted by Crippen LogP contribution is -2.26. The smallest absolute Gasteiger partial charge is 0.250 e. The van der Waals surface area contributed by atoms with Crippen LogP contribution in [0.15, 0.2) is 50.7 Å². The lowest BCUT2D eigenvalue weighted by Gasteiger charge is -2.06. The molecule has 0 bridgehead atoms. The number of benzene rings is 1. The van der Waals surface area contributed by atoms with Gasteiger partial charge in [0.15, 0.2) is 0 Å². The maximum absolute atomic E-state index is 12.1. The molecule has 3 aromatic rings. The monoisotopic (exact) mass is 385 g/mol. The Kier molecular flexibility index (Phi) is 4.12. The van der Waals surface area contributed by atoms with Crippen molar-refractivity contribution >= 4 is 48.3 Å². The number of hydrogen-bond acceptors (Lipinski definition) is 4. The van der Waals surface area contributed by atoms with Crippen molar-refractivity contribution in [3.8, 4) is 0 Å². The minimum atomic E-state index is -3.44. The minimum absolute atomic E-state index is 0.310. The first-order valence-corrected chi connectivity index (χ1v) is 9.30. The van der Waals surface area contributed by atoms with Crippen LogP contribution in [-0.4, -0.2) is 24.5 Å². The highest BCUT2D eigenvalue weighted by atomic mass is 79.9. The number of thiophene rings is 1. The number of rotatable bonds is 5. The van der Waals surface area contributed by atoms with Crippen LogP contribution in [0, 0.1) is 0 Å². The van der Waals surface area contributed by atoms with Gasteiger partial charge in [0.25, 0.3) is 0 Å². The van der Waals surface area contributed by atoms with E-state index in [0.29, 0.717) is 17.3 Å². The molecule has 0 aliphatic rings. The number of nitrogens with one attached hydrogen (secondary N) is 1. The molecular formula is C13H12BrN3O2S2. The lowest BCUT2D eigenvalue weighted by molar-refractivity contribution is 0.576. The van der Waals surface area contributed by atoms with E-state index in [4.69, 9.17) is 0 Å². The predicted octanol–water partition coefficient (Wildman–Crippen LogP) is 2.84. The molecule has 8 heteroatoms. The summed E-state index contributed by atoms with van der Waals surface area (Å²) in [5.74, 6) is 0. The van der Waals surface area contributed by atoms with E-state index in [0.717, 1.165) is 14.8 Å². The number of imidazole rings is 1. The first kappa shape index (κ1) is 14.7. The van der Waals surface area contributed by atoms with Gasteiger partial charge in [-0.2, -0.15) is 0 Å². The summed E-state index contributed by atoms with van der Waals surface area (Å²) in [7, 11) is -3.44. The van der Waals surface area contributed by atoms with E-state index in [2.05, 4.69) is 25.6 Å². The maximum Gasteiger partial charge on any atom is 0.250 e. The lowest BCUT2D eigenvalue weighted by atomic mass is 10.3. The van der Waals surface area contributed by atoms with Crippen LogP contribution in [0.2, 0.25) is 0 Å². The molecule has 0 fully saturated rings. The second-order valence-corrected chi connectivity index (χ2v) is 8.84. The van der Waals surface area contributed by atoms with Crippen molar-refractivity contribution in [3.63, 3.8) is 0 Å². The van der Waals surface area contributed by atoms with Gasteiger partial charge in [-0.1, -0.05) is 12.1 Å². The van der Waals surface area contributed by atoms with Crippen molar-refractivity contribution in [1.82, 2.24) is 14.3 Å². The fraction of sp³-hybridized carbons (Fsp3) is 0.154. The zero-order valence-electron chi connectivity index (χ0n) is 10.9. The molecule has 0 saturated heterocycles. The molecule has 0 aliphatic heterocycles. The summed E-state index contributed by atoms with van der Waals surface area (Å²) in [6, 6.07) is 11.1. The van der Waals surface area contributed by atoms with Crippen LogP contribution in [-0.2, 0) is 16.6 Å². The molecule has 0 unspecified atom stereocenters. The van der Waals surface area contributed by atoms with Crippen LogP contribution >= 0.6 is 27.3 Å². The molecule has 1 N–H and O–H groups in total. The van der Waals surface area contributed by atoms with Crippen LogP contribution in [0.1, 0.15) is 0 Å². The van der Waals surface area contributed by atoms with Gasteiger partial charge in [0, 0.05) is 13.1 Å². The van der Waals surface area contributed by atoms with Crippen LogP contribution in [0.4, 0.5) is 0 Å². The maximum atomic E-state index is 12.1. The van der Waals surface area contributed by atoms with Crippen molar-refractivity contribution in [2.45, 2.75) is 10.8 Å². The molecule has 0 spiro atoms. The number of fused-ring (bicyclic) bond motifs is 1. The molecule has 110 valence electrons. The third-order valence-corrected chi connectivity index (χ3v) is 6.56. The van der Waals surface area contributed by atoms with Crippen molar-refractivity contribution in [1.29, 1.82) is 0 Å². The highest BCUT2D eigenvalue weighted by molar-refractivity contribution is 9.11. The van der Waals surface area contributed by atoms with Crippen molar-refractivity contribution in [2.75, 3.05) is 6.54 Å². The van der Waals surface area contributed by atoms with Gasteiger partial charge in [-0.05, 0) is 40.2 Å². The molecule has 5 nitrogen and oxygen atoms in total. The molecule has 1 aromatic carbocycles. The van der Waals surface area contributed by atoms with Gasteiger partial charge < -0.3 is 4.57 Å². The highest BCUT2D eigenvalue weighted by Crippen LogP contribution is 2.25. The van der Waals surface area contributed by atoms with Crippen molar-refractivity contribution in [3.05, 3.63) is 46.5 Å².